The van der Waals surface area contributed by atoms with Crippen molar-refractivity contribution in [3.05, 3.63) is 42.0 Å². The third-order valence-corrected chi connectivity index (χ3v) is 5.72. The molecule has 1 aromatic carbocycles. The Hall–Kier alpha value is -2.32. The van der Waals surface area contributed by atoms with Gasteiger partial charge in [-0.15, -0.1) is 0 Å². The van der Waals surface area contributed by atoms with Gasteiger partial charge in [-0.2, -0.15) is 0 Å². The lowest BCUT2D eigenvalue weighted by molar-refractivity contribution is 0.268. The zero-order valence-electron chi connectivity index (χ0n) is 17.6. The minimum Gasteiger partial charge on any atom is -0.497 e. The van der Waals surface area contributed by atoms with E-state index in [4.69, 9.17) is 21.7 Å². The molecule has 0 radical (unpaired) electrons. The van der Waals surface area contributed by atoms with Crippen LogP contribution < -0.4 is 14.8 Å². The van der Waals surface area contributed by atoms with Gasteiger partial charge in [0.15, 0.2) is 5.11 Å². The summed E-state index contributed by atoms with van der Waals surface area (Å²) in [6.07, 6.45) is 5.77. The average molecular weight is 418 g/mol. The molecule has 158 valence electrons. The summed E-state index contributed by atoms with van der Waals surface area (Å²) in [5, 5.41) is 4.24. The number of hydrogen-bond donors (Lipinski definition) is 1. The Morgan fingerprint density at radius 2 is 2.03 bits per heavy atom. The van der Waals surface area contributed by atoms with Crippen molar-refractivity contribution in [2.24, 2.45) is 7.05 Å². The van der Waals surface area contributed by atoms with Crippen LogP contribution in [0.1, 0.15) is 17.8 Å². The van der Waals surface area contributed by atoms with Crippen LogP contribution in [0.5, 0.6) is 11.5 Å². The van der Waals surface area contributed by atoms with Crippen molar-refractivity contribution in [1.82, 2.24) is 24.7 Å². The maximum atomic E-state index is 5.66. The lowest BCUT2D eigenvalue weighted by atomic mass is 10.1. The number of ether oxygens (including phenoxy) is 2. The molecule has 8 heteroatoms. The second-order valence-corrected chi connectivity index (χ2v) is 7.62. The van der Waals surface area contributed by atoms with Crippen molar-refractivity contribution in [3.8, 4) is 11.5 Å². The van der Waals surface area contributed by atoms with Gasteiger partial charge >= 0.3 is 0 Å². The molecule has 0 aliphatic carbocycles. The molecule has 0 saturated carbocycles. The SMILES string of the molecule is COc1ccc(OC)c(CCNC(=S)N2CCCN(Cc3nccn3C)CC2)c1. The van der Waals surface area contributed by atoms with Crippen LogP contribution in [0, 0.1) is 0 Å². The molecule has 0 unspecified atom stereocenters. The number of thiocarbonyl (C=S) groups is 1. The summed E-state index contributed by atoms with van der Waals surface area (Å²) < 4.78 is 12.9. The number of imidazole rings is 1. The molecule has 7 nitrogen and oxygen atoms in total. The molecule has 0 amide bonds. The highest BCUT2D eigenvalue weighted by Crippen LogP contribution is 2.24. The molecular formula is C21H31N5O2S. The maximum absolute atomic E-state index is 5.66. The monoisotopic (exact) mass is 417 g/mol. The van der Waals surface area contributed by atoms with Gasteiger partial charge in [-0.25, -0.2) is 4.98 Å². The first-order valence-corrected chi connectivity index (χ1v) is 10.4. The molecule has 3 rings (SSSR count). The maximum Gasteiger partial charge on any atom is 0.168 e. The van der Waals surface area contributed by atoms with Crippen LogP contribution in [0.25, 0.3) is 0 Å². The van der Waals surface area contributed by atoms with Crippen LogP contribution in [-0.2, 0) is 20.0 Å². The van der Waals surface area contributed by atoms with Crippen molar-refractivity contribution in [2.45, 2.75) is 19.4 Å². The number of nitrogens with zero attached hydrogens (tertiary/aromatic N) is 4. The van der Waals surface area contributed by atoms with Gasteiger partial charge in [0.2, 0.25) is 0 Å². The zero-order valence-corrected chi connectivity index (χ0v) is 18.4. The Balaban J connectivity index is 1.47. The summed E-state index contributed by atoms with van der Waals surface area (Å²) in [5.74, 6) is 2.81. The van der Waals surface area contributed by atoms with Crippen LogP contribution in [-0.4, -0.2) is 71.4 Å². The summed E-state index contributed by atoms with van der Waals surface area (Å²) in [7, 11) is 5.41. The third-order valence-electron chi connectivity index (χ3n) is 5.32. The molecule has 1 aliphatic heterocycles. The largest absolute Gasteiger partial charge is 0.497 e. The molecule has 1 N–H and O–H groups in total. The first-order valence-electron chi connectivity index (χ1n) is 10.0. The molecule has 0 spiro atoms. The Kier molecular flexibility index (Phi) is 7.71. The van der Waals surface area contributed by atoms with Crippen LogP contribution in [0.4, 0.5) is 0 Å². The Morgan fingerprint density at radius 3 is 2.76 bits per heavy atom. The highest BCUT2D eigenvalue weighted by atomic mass is 32.1. The smallest absolute Gasteiger partial charge is 0.168 e. The number of methoxy groups -OCH3 is 2. The summed E-state index contributed by atoms with van der Waals surface area (Å²) >= 11 is 5.66. The van der Waals surface area contributed by atoms with Gasteiger partial charge in [-0.05, 0) is 48.8 Å². The summed E-state index contributed by atoms with van der Waals surface area (Å²) in [5.41, 5.74) is 1.11. The standard InChI is InChI=1S/C21H31N5O2S/c1-24-12-9-22-20(24)16-25-10-4-11-26(14-13-25)21(29)23-8-7-17-15-18(27-2)5-6-19(17)28-3/h5-6,9,12,15H,4,7-8,10-11,13-14,16H2,1-3H3,(H,23,29). The fourth-order valence-corrected chi connectivity index (χ4v) is 3.86. The van der Waals surface area contributed by atoms with E-state index in [0.29, 0.717) is 0 Å². The summed E-state index contributed by atoms with van der Waals surface area (Å²) in [4.78, 5) is 9.17. The van der Waals surface area contributed by atoms with Gasteiger partial charge in [0, 0.05) is 52.2 Å². The number of nitrogens with one attached hydrogen (secondary N) is 1. The Morgan fingerprint density at radius 1 is 1.17 bits per heavy atom. The highest BCUT2D eigenvalue weighted by Gasteiger charge is 2.18. The number of aryl methyl sites for hydroxylation is 1. The molecule has 2 aromatic rings. The van der Waals surface area contributed by atoms with Gasteiger partial charge in [0.25, 0.3) is 0 Å². The first kappa shape index (κ1) is 21.4. The molecular weight excluding hydrogens is 386 g/mol. The molecule has 2 heterocycles. The number of hydrogen-bond acceptors (Lipinski definition) is 5. The van der Waals surface area contributed by atoms with Gasteiger partial charge in [0.05, 0.1) is 20.8 Å². The van der Waals surface area contributed by atoms with E-state index in [9.17, 15) is 0 Å². The second-order valence-electron chi connectivity index (χ2n) is 7.23. The highest BCUT2D eigenvalue weighted by molar-refractivity contribution is 7.80. The Labute approximate surface area is 178 Å². The summed E-state index contributed by atoms with van der Waals surface area (Å²) in [6.45, 7) is 5.60. The van der Waals surface area contributed by atoms with Crippen molar-refractivity contribution < 1.29 is 9.47 Å². The zero-order chi connectivity index (χ0) is 20.6. The van der Waals surface area contributed by atoms with E-state index in [1.807, 2.05) is 37.6 Å². The quantitative estimate of drug-likeness (QED) is 0.692. The van der Waals surface area contributed by atoms with E-state index in [-0.39, 0.29) is 0 Å². The fraction of sp³-hybridized carbons (Fsp3) is 0.524. The first-order chi connectivity index (χ1) is 14.1. The van der Waals surface area contributed by atoms with Gasteiger partial charge < -0.3 is 24.3 Å². The normalized spacial score (nSPS) is 15.1. The van der Waals surface area contributed by atoms with Crippen molar-refractivity contribution in [3.63, 3.8) is 0 Å². The minimum absolute atomic E-state index is 0.760. The average Bonchev–Trinajstić information content (AvgIpc) is 2.99. The van der Waals surface area contributed by atoms with E-state index in [0.717, 1.165) is 80.1 Å². The molecule has 1 saturated heterocycles. The number of aromatic nitrogens is 2. The molecule has 1 aromatic heterocycles. The second kappa shape index (κ2) is 10.5. The van der Waals surface area contributed by atoms with Crippen molar-refractivity contribution in [1.29, 1.82) is 0 Å². The van der Waals surface area contributed by atoms with Gasteiger partial charge in [0.1, 0.15) is 17.3 Å². The van der Waals surface area contributed by atoms with Gasteiger partial charge in [-0.1, -0.05) is 0 Å². The van der Waals surface area contributed by atoms with Crippen molar-refractivity contribution in [2.75, 3.05) is 46.9 Å². The molecule has 29 heavy (non-hydrogen) atoms. The van der Waals surface area contributed by atoms with E-state index in [2.05, 4.69) is 24.7 Å². The lowest BCUT2D eigenvalue weighted by Gasteiger charge is -2.24. The molecule has 0 atom stereocenters. The minimum atomic E-state index is 0.760. The van der Waals surface area contributed by atoms with Crippen LogP contribution in [0.3, 0.4) is 0 Å². The predicted octanol–water partition coefficient (Wildman–Crippen LogP) is 2.06. The van der Waals surface area contributed by atoms with E-state index < -0.39 is 0 Å². The van der Waals surface area contributed by atoms with E-state index in [1.165, 1.54) is 0 Å². The van der Waals surface area contributed by atoms with Crippen LogP contribution >= 0.6 is 12.2 Å². The van der Waals surface area contributed by atoms with Gasteiger partial charge in [-0.3, -0.25) is 4.90 Å². The van der Waals surface area contributed by atoms with Crippen LogP contribution in [0.15, 0.2) is 30.6 Å². The topological polar surface area (TPSA) is 54.8 Å². The fourth-order valence-electron chi connectivity index (χ4n) is 3.57. The molecule has 1 fully saturated rings. The van der Waals surface area contributed by atoms with Crippen LogP contribution in [0.2, 0.25) is 0 Å². The summed E-state index contributed by atoms with van der Waals surface area (Å²) in [6, 6.07) is 5.87. The van der Waals surface area contributed by atoms with E-state index >= 15 is 0 Å². The number of rotatable bonds is 7. The van der Waals surface area contributed by atoms with E-state index in [1.54, 1.807) is 14.2 Å². The Bertz CT molecular complexity index is 810. The molecule has 0 bridgehead atoms. The lowest BCUT2D eigenvalue weighted by Crippen LogP contribution is -2.42. The van der Waals surface area contributed by atoms with Crippen molar-refractivity contribution >= 4 is 17.3 Å². The predicted molar refractivity (Wildman–Crippen MR) is 119 cm³/mol. The number of benzene rings is 1. The third kappa shape index (κ3) is 5.83. The molecule has 1 aliphatic rings.